The second-order valence-electron chi connectivity index (χ2n) is 5.17. The van der Waals surface area contributed by atoms with Gasteiger partial charge in [-0.3, -0.25) is 9.63 Å². The quantitative estimate of drug-likeness (QED) is 0.886. The maximum atomic E-state index is 12.2. The van der Waals surface area contributed by atoms with Crippen LogP contribution in [0.5, 0.6) is 0 Å². The minimum absolute atomic E-state index is 0.0156. The number of rotatable bonds is 4. The van der Waals surface area contributed by atoms with E-state index in [0.717, 1.165) is 12.0 Å². The molecule has 3 amide bonds. The molecule has 0 radical (unpaired) electrons. The monoisotopic (exact) mass is 275 g/mol. The van der Waals surface area contributed by atoms with Gasteiger partial charge in [-0.05, 0) is 18.4 Å². The molecule has 2 aliphatic rings. The number of piperidine rings is 1. The number of carbonyl (C=O) groups is 2. The average molecular weight is 275 g/mol. The Kier molecular flexibility index (Phi) is 3.31. The highest BCUT2D eigenvalue weighted by Crippen LogP contribution is 2.30. The number of urea groups is 1. The molecule has 2 aliphatic heterocycles. The lowest BCUT2D eigenvalue weighted by Crippen LogP contribution is -2.47. The zero-order valence-electron chi connectivity index (χ0n) is 11.1. The van der Waals surface area contributed by atoms with E-state index in [2.05, 4.69) is 0 Å². The molecule has 6 heteroatoms. The van der Waals surface area contributed by atoms with Gasteiger partial charge in [0.15, 0.2) is 0 Å². The van der Waals surface area contributed by atoms with Crippen LogP contribution in [0.3, 0.4) is 0 Å². The molecule has 2 N–H and O–H groups in total. The van der Waals surface area contributed by atoms with E-state index in [0.29, 0.717) is 19.6 Å². The molecule has 0 aliphatic carbocycles. The number of primary amides is 1. The molecule has 0 saturated carbocycles. The van der Waals surface area contributed by atoms with Gasteiger partial charge in [0.05, 0.1) is 6.04 Å². The molecular formula is C14H17N3O3. The Balaban J connectivity index is 1.67. The lowest BCUT2D eigenvalue weighted by atomic mass is 10.0. The van der Waals surface area contributed by atoms with E-state index in [4.69, 9.17) is 10.6 Å². The first-order valence-electron chi connectivity index (χ1n) is 6.73. The molecule has 1 aromatic rings. The summed E-state index contributed by atoms with van der Waals surface area (Å²) in [6.45, 7) is 0.861. The molecule has 1 aromatic carbocycles. The van der Waals surface area contributed by atoms with Crippen molar-refractivity contribution in [2.75, 3.05) is 6.54 Å². The van der Waals surface area contributed by atoms with Crippen molar-refractivity contribution < 1.29 is 14.4 Å². The molecule has 0 unspecified atom stereocenters. The first-order valence-corrected chi connectivity index (χ1v) is 6.73. The number of nitrogens with two attached hydrogens (primary N) is 1. The number of hydrogen-bond acceptors (Lipinski definition) is 3. The van der Waals surface area contributed by atoms with Crippen LogP contribution < -0.4 is 5.73 Å². The van der Waals surface area contributed by atoms with E-state index in [-0.39, 0.29) is 12.1 Å². The summed E-state index contributed by atoms with van der Waals surface area (Å²) in [5, 5.41) is 1.40. The van der Waals surface area contributed by atoms with Crippen LogP contribution in [0.4, 0.5) is 4.79 Å². The summed E-state index contributed by atoms with van der Waals surface area (Å²) in [5.74, 6) is -0.443. The minimum atomic E-state index is -0.496. The largest absolute Gasteiger partial charge is 0.368 e. The maximum absolute atomic E-state index is 12.2. The van der Waals surface area contributed by atoms with Crippen LogP contribution in [-0.2, 0) is 16.2 Å². The van der Waals surface area contributed by atoms with Gasteiger partial charge in [0.2, 0.25) is 5.91 Å². The lowest BCUT2D eigenvalue weighted by Gasteiger charge is -2.27. The van der Waals surface area contributed by atoms with Crippen LogP contribution in [0.2, 0.25) is 0 Å². The number of benzene rings is 1. The molecule has 3 rings (SSSR count). The third-order valence-corrected chi connectivity index (χ3v) is 3.86. The third kappa shape index (κ3) is 2.22. The summed E-state index contributed by atoms with van der Waals surface area (Å²) < 4.78 is 0. The fraction of sp³-hybridized carbons (Fsp3) is 0.429. The van der Waals surface area contributed by atoms with E-state index < -0.39 is 11.9 Å². The molecule has 0 spiro atoms. The first kappa shape index (κ1) is 12.9. The van der Waals surface area contributed by atoms with Crippen LogP contribution in [0.1, 0.15) is 18.4 Å². The van der Waals surface area contributed by atoms with Crippen molar-refractivity contribution in [3.8, 4) is 0 Å². The second kappa shape index (κ2) is 5.13. The number of fused-ring (bicyclic) bond motifs is 2. The Morgan fingerprint density at radius 1 is 1.30 bits per heavy atom. The Bertz CT molecular complexity index is 520. The molecule has 2 fully saturated rings. The fourth-order valence-corrected chi connectivity index (χ4v) is 2.81. The zero-order chi connectivity index (χ0) is 14.1. The van der Waals surface area contributed by atoms with Crippen LogP contribution in [-0.4, -0.2) is 40.5 Å². The number of carbonyl (C=O) groups excluding carboxylic acids is 2. The summed E-state index contributed by atoms with van der Waals surface area (Å²) in [4.78, 5) is 30.7. The van der Waals surface area contributed by atoms with Gasteiger partial charge in [-0.25, -0.2) is 4.79 Å². The van der Waals surface area contributed by atoms with Gasteiger partial charge >= 0.3 is 6.03 Å². The lowest BCUT2D eigenvalue weighted by molar-refractivity contribution is -0.140. The summed E-state index contributed by atoms with van der Waals surface area (Å²) in [5.41, 5.74) is 6.34. The van der Waals surface area contributed by atoms with Crippen molar-refractivity contribution >= 4 is 11.9 Å². The van der Waals surface area contributed by atoms with Gasteiger partial charge in [0.1, 0.15) is 12.6 Å². The summed E-state index contributed by atoms with van der Waals surface area (Å²) >= 11 is 0. The van der Waals surface area contributed by atoms with Gasteiger partial charge in [0.25, 0.3) is 0 Å². The highest BCUT2D eigenvalue weighted by molar-refractivity contribution is 5.87. The van der Waals surface area contributed by atoms with Crippen LogP contribution in [0.25, 0.3) is 0 Å². The maximum Gasteiger partial charge on any atom is 0.345 e. The molecule has 20 heavy (non-hydrogen) atoms. The molecule has 2 saturated heterocycles. The van der Waals surface area contributed by atoms with Crippen molar-refractivity contribution in [2.24, 2.45) is 5.73 Å². The molecule has 106 valence electrons. The van der Waals surface area contributed by atoms with Crippen molar-refractivity contribution in [1.82, 2.24) is 9.96 Å². The van der Waals surface area contributed by atoms with Crippen LogP contribution >= 0.6 is 0 Å². The normalized spacial score (nSPS) is 25.1. The van der Waals surface area contributed by atoms with Crippen molar-refractivity contribution in [1.29, 1.82) is 0 Å². The molecule has 0 aromatic heterocycles. The van der Waals surface area contributed by atoms with E-state index in [1.807, 2.05) is 30.3 Å². The number of hydrogen-bond donors (Lipinski definition) is 1. The molecule has 6 nitrogen and oxygen atoms in total. The predicted molar refractivity (Wildman–Crippen MR) is 71.2 cm³/mol. The van der Waals surface area contributed by atoms with Crippen molar-refractivity contribution in [3.05, 3.63) is 35.9 Å². The minimum Gasteiger partial charge on any atom is -0.368 e. The second-order valence-corrected chi connectivity index (χ2v) is 5.17. The third-order valence-electron chi connectivity index (χ3n) is 3.86. The first-order chi connectivity index (χ1) is 9.66. The Labute approximate surface area is 117 Å². The van der Waals surface area contributed by atoms with Gasteiger partial charge in [-0.1, -0.05) is 30.3 Å². The van der Waals surface area contributed by atoms with Crippen molar-refractivity contribution in [2.45, 2.75) is 31.5 Å². The summed E-state index contributed by atoms with van der Waals surface area (Å²) in [6, 6.07) is 8.93. The van der Waals surface area contributed by atoms with Crippen LogP contribution in [0, 0.1) is 0 Å². The molecule has 2 bridgehead atoms. The zero-order valence-corrected chi connectivity index (χ0v) is 11.1. The highest BCUT2D eigenvalue weighted by Gasteiger charge is 2.47. The van der Waals surface area contributed by atoms with E-state index >= 15 is 0 Å². The number of hydroxylamine groups is 2. The predicted octanol–water partition coefficient (Wildman–Crippen LogP) is 0.872. The SMILES string of the molecule is NC(=O)[C@H]1CC[C@@H]2CN1C(=O)N2OCc1ccccc1. The number of amides is 3. The molecular weight excluding hydrogens is 258 g/mol. The van der Waals surface area contributed by atoms with Gasteiger partial charge in [-0.2, -0.15) is 5.06 Å². The fourth-order valence-electron chi connectivity index (χ4n) is 2.81. The van der Waals surface area contributed by atoms with Crippen molar-refractivity contribution in [3.63, 3.8) is 0 Å². The van der Waals surface area contributed by atoms with E-state index in [1.54, 1.807) is 0 Å². The van der Waals surface area contributed by atoms with E-state index in [1.165, 1.54) is 9.96 Å². The summed E-state index contributed by atoms with van der Waals surface area (Å²) in [6.07, 6.45) is 1.35. The van der Waals surface area contributed by atoms with E-state index in [9.17, 15) is 9.59 Å². The molecule has 2 atom stereocenters. The van der Waals surface area contributed by atoms with Crippen LogP contribution in [0.15, 0.2) is 30.3 Å². The topological polar surface area (TPSA) is 75.9 Å². The van der Waals surface area contributed by atoms with Gasteiger partial charge in [0, 0.05) is 6.54 Å². The Morgan fingerprint density at radius 3 is 2.75 bits per heavy atom. The Morgan fingerprint density at radius 2 is 2.05 bits per heavy atom. The summed E-state index contributed by atoms with van der Waals surface area (Å²) in [7, 11) is 0. The van der Waals surface area contributed by atoms with Gasteiger partial charge in [-0.15, -0.1) is 0 Å². The molecule has 2 heterocycles. The standard InChI is InChI=1S/C14H17N3O3/c15-13(18)12-7-6-11-8-16(12)14(19)17(11)20-9-10-4-2-1-3-5-10/h1-5,11-12H,6-9H2,(H2,15,18)/t11-,12-/m1/s1. The van der Waals surface area contributed by atoms with Gasteiger partial charge < -0.3 is 10.6 Å². The number of nitrogens with zero attached hydrogens (tertiary/aromatic N) is 2. The average Bonchev–Trinajstić information content (AvgIpc) is 2.70. The highest BCUT2D eigenvalue weighted by atomic mass is 16.7. The Hall–Kier alpha value is -2.08. The smallest absolute Gasteiger partial charge is 0.345 e.